The first-order valence-electron chi connectivity index (χ1n) is 8.11. The van der Waals surface area contributed by atoms with E-state index in [9.17, 15) is 5.11 Å². The number of rotatable bonds is 2. The summed E-state index contributed by atoms with van der Waals surface area (Å²) >= 11 is 0. The van der Waals surface area contributed by atoms with E-state index in [0.29, 0.717) is 5.75 Å². The number of phenols is 1. The lowest BCUT2D eigenvalue weighted by atomic mass is 10.00. The number of benzene rings is 2. The van der Waals surface area contributed by atoms with Gasteiger partial charge in [0.25, 0.3) is 0 Å². The van der Waals surface area contributed by atoms with Crippen molar-refractivity contribution in [1.29, 1.82) is 0 Å². The molecule has 0 aliphatic carbocycles. The fourth-order valence-corrected chi connectivity index (χ4v) is 3.48. The van der Waals surface area contributed by atoms with Gasteiger partial charge in [-0.05, 0) is 50.6 Å². The molecule has 2 aromatic carbocycles. The van der Waals surface area contributed by atoms with Crippen LogP contribution in [0.2, 0.25) is 0 Å². The van der Waals surface area contributed by atoms with Crippen LogP contribution in [-0.2, 0) is 0 Å². The van der Waals surface area contributed by atoms with E-state index in [4.69, 9.17) is 0 Å². The van der Waals surface area contributed by atoms with Gasteiger partial charge in [0.1, 0.15) is 5.75 Å². The molecule has 1 heterocycles. The number of likely N-dealkylation sites (tertiary alicyclic amines) is 1. The Bertz CT molecular complexity index is 622. The summed E-state index contributed by atoms with van der Waals surface area (Å²) in [5.74, 6) is 1.28. The highest BCUT2D eigenvalue weighted by Crippen LogP contribution is 2.35. The minimum absolute atomic E-state index is 0.278. The van der Waals surface area contributed by atoms with Crippen molar-refractivity contribution in [1.82, 2.24) is 4.90 Å². The van der Waals surface area contributed by atoms with Crippen LogP contribution in [0.3, 0.4) is 0 Å². The van der Waals surface area contributed by atoms with E-state index < -0.39 is 0 Å². The fourth-order valence-electron chi connectivity index (χ4n) is 3.48. The summed E-state index contributed by atoms with van der Waals surface area (Å²) < 4.78 is 0. The molecule has 1 saturated heterocycles. The third-order valence-electron chi connectivity index (χ3n) is 4.98. The minimum Gasteiger partial charge on any atom is -0.507 e. The van der Waals surface area contributed by atoms with Gasteiger partial charge in [-0.25, -0.2) is 0 Å². The molecule has 1 aliphatic heterocycles. The molecule has 0 radical (unpaired) electrons. The quantitative estimate of drug-likeness (QED) is 0.861. The Kier molecular flexibility index (Phi) is 4.16. The smallest absolute Gasteiger partial charge is 0.128 e. The predicted octanol–water partition coefficient (Wildman–Crippen LogP) is 4.73. The zero-order valence-corrected chi connectivity index (χ0v) is 13.0. The molecule has 0 aromatic heterocycles. The van der Waals surface area contributed by atoms with Crippen LogP contribution >= 0.6 is 0 Å². The first-order chi connectivity index (χ1) is 10.2. The summed E-state index contributed by atoms with van der Waals surface area (Å²) in [4.78, 5) is 2.52. The van der Waals surface area contributed by atoms with Crippen LogP contribution in [-0.4, -0.2) is 23.1 Å². The molecule has 112 valence electrons. The number of aromatic hydroxyl groups is 1. The van der Waals surface area contributed by atoms with Gasteiger partial charge >= 0.3 is 0 Å². The summed E-state index contributed by atoms with van der Waals surface area (Å²) in [5, 5.41) is 12.7. The molecule has 0 spiro atoms. The number of hydrogen-bond acceptors (Lipinski definition) is 2. The average molecular weight is 283 g/mol. The van der Waals surface area contributed by atoms with E-state index in [1.165, 1.54) is 19.3 Å². The van der Waals surface area contributed by atoms with E-state index in [-0.39, 0.29) is 6.04 Å². The normalized spacial score (nSPS) is 22.1. The number of phenolic OH excluding ortho intramolecular Hbond substituents is 1. The highest BCUT2D eigenvalue weighted by Gasteiger charge is 2.22. The summed E-state index contributed by atoms with van der Waals surface area (Å²) in [6, 6.07) is 12.6. The molecular weight excluding hydrogens is 258 g/mol. The average Bonchev–Trinajstić information content (AvgIpc) is 2.72. The standard InChI is InChI=1S/C19H25NO/c1-14-6-5-12-20(13-11-14)15(2)17-10-9-16-7-3-4-8-18(16)19(17)21/h3-4,7-10,14-15,21H,5-6,11-13H2,1-2H3. The summed E-state index contributed by atoms with van der Waals surface area (Å²) in [7, 11) is 0. The molecule has 2 unspecified atom stereocenters. The van der Waals surface area contributed by atoms with E-state index in [1.807, 2.05) is 18.2 Å². The Morgan fingerprint density at radius 3 is 2.76 bits per heavy atom. The third-order valence-corrected chi connectivity index (χ3v) is 4.98. The topological polar surface area (TPSA) is 23.5 Å². The molecule has 2 nitrogen and oxygen atoms in total. The van der Waals surface area contributed by atoms with Crippen molar-refractivity contribution in [3.05, 3.63) is 42.0 Å². The number of nitrogens with zero attached hydrogens (tertiary/aromatic N) is 1. The maximum absolute atomic E-state index is 10.6. The van der Waals surface area contributed by atoms with E-state index in [0.717, 1.165) is 35.3 Å². The first kappa shape index (κ1) is 14.4. The molecule has 1 aliphatic rings. The van der Waals surface area contributed by atoms with Crippen molar-refractivity contribution in [3.63, 3.8) is 0 Å². The third kappa shape index (κ3) is 2.91. The van der Waals surface area contributed by atoms with Gasteiger partial charge in [0.05, 0.1) is 0 Å². The van der Waals surface area contributed by atoms with E-state index in [2.05, 4.69) is 36.9 Å². The first-order valence-corrected chi connectivity index (χ1v) is 8.11. The zero-order chi connectivity index (χ0) is 14.8. The highest BCUT2D eigenvalue weighted by atomic mass is 16.3. The summed E-state index contributed by atoms with van der Waals surface area (Å²) in [6.45, 7) is 6.84. The maximum Gasteiger partial charge on any atom is 0.128 e. The van der Waals surface area contributed by atoms with Gasteiger partial charge < -0.3 is 5.11 Å². The number of hydrogen-bond donors (Lipinski definition) is 1. The Labute approximate surface area is 127 Å². The molecule has 1 fully saturated rings. The molecule has 3 rings (SSSR count). The second-order valence-electron chi connectivity index (χ2n) is 6.47. The Morgan fingerprint density at radius 2 is 1.90 bits per heavy atom. The van der Waals surface area contributed by atoms with E-state index in [1.54, 1.807) is 0 Å². The molecule has 2 atom stereocenters. The predicted molar refractivity (Wildman–Crippen MR) is 88.6 cm³/mol. The van der Waals surface area contributed by atoms with Gasteiger partial charge in [-0.2, -0.15) is 0 Å². The lowest BCUT2D eigenvalue weighted by Gasteiger charge is -2.28. The van der Waals surface area contributed by atoms with Crippen molar-refractivity contribution in [3.8, 4) is 5.75 Å². The maximum atomic E-state index is 10.6. The number of fused-ring (bicyclic) bond motifs is 1. The zero-order valence-electron chi connectivity index (χ0n) is 13.0. The Morgan fingerprint density at radius 1 is 1.10 bits per heavy atom. The molecular formula is C19H25NO. The van der Waals surface area contributed by atoms with Crippen molar-refractivity contribution < 1.29 is 5.11 Å². The van der Waals surface area contributed by atoms with Crippen LogP contribution in [0.1, 0.15) is 44.7 Å². The van der Waals surface area contributed by atoms with Gasteiger partial charge in [0, 0.05) is 17.0 Å². The van der Waals surface area contributed by atoms with Crippen molar-refractivity contribution >= 4 is 10.8 Å². The highest BCUT2D eigenvalue weighted by molar-refractivity contribution is 5.89. The van der Waals surface area contributed by atoms with Gasteiger partial charge in [-0.15, -0.1) is 0 Å². The lowest BCUT2D eigenvalue weighted by molar-refractivity contribution is 0.214. The van der Waals surface area contributed by atoms with Gasteiger partial charge in [-0.1, -0.05) is 43.3 Å². The molecule has 0 bridgehead atoms. The van der Waals surface area contributed by atoms with Crippen LogP contribution in [0.25, 0.3) is 10.8 Å². The molecule has 21 heavy (non-hydrogen) atoms. The molecule has 1 N–H and O–H groups in total. The SMILES string of the molecule is CC1CCCN(C(C)c2ccc3ccccc3c2O)CC1. The molecule has 2 heteroatoms. The van der Waals surface area contributed by atoms with Crippen LogP contribution in [0, 0.1) is 5.92 Å². The second-order valence-corrected chi connectivity index (χ2v) is 6.47. The van der Waals surface area contributed by atoms with Crippen molar-refractivity contribution in [2.75, 3.05) is 13.1 Å². The van der Waals surface area contributed by atoms with Crippen LogP contribution in [0.15, 0.2) is 36.4 Å². The molecule has 0 amide bonds. The van der Waals surface area contributed by atoms with Gasteiger partial charge in [0.2, 0.25) is 0 Å². The van der Waals surface area contributed by atoms with Crippen LogP contribution < -0.4 is 0 Å². The van der Waals surface area contributed by atoms with E-state index >= 15 is 0 Å². The largest absolute Gasteiger partial charge is 0.507 e. The van der Waals surface area contributed by atoms with Crippen LogP contribution in [0.4, 0.5) is 0 Å². The summed E-state index contributed by atoms with van der Waals surface area (Å²) in [5.41, 5.74) is 1.06. The van der Waals surface area contributed by atoms with Crippen LogP contribution in [0.5, 0.6) is 5.75 Å². The lowest BCUT2D eigenvalue weighted by Crippen LogP contribution is -2.28. The van der Waals surface area contributed by atoms with Gasteiger partial charge in [-0.3, -0.25) is 4.90 Å². The Balaban J connectivity index is 1.90. The summed E-state index contributed by atoms with van der Waals surface area (Å²) in [6.07, 6.45) is 3.85. The fraction of sp³-hybridized carbons (Fsp3) is 0.474. The molecule has 2 aromatic rings. The van der Waals surface area contributed by atoms with Crippen molar-refractivity contribution in [2.24, 2.45) is 5.92 Å². The van der Waals surface area contributed by atoms with Gasteiger partial charge in [0.15, 0.2) is 0 Å². The monoisotopic (exact) mass is 283 g/mol. The van der Waals surface area contributed by atoms with Crippen molar-refractivity contribution in [2.45, 2.75) is 39.2 Å². The Hall–Kier alpha value is -1.54. The molecule has 0 saturated carbocycles. The minimum atomic E-state index is 0.278. The second kappa shape index (κ2) is 6.07.